The van der Waals surface area contributed by atoms with E-state index >= 15 is 0 Å². The molecule has 1 amide bonds. The summed E-state index contributed by atoms with van der Waals surface area (Å²) in [6.45, 7) is 5.76. The number of aryl methyl sites for hydroxylation is 1. The molecule has 30 heavy (non-hydrogen) atoms. The summed E-state index contributed by atoms with van der Waals surface area (Å²) in [6, 6.07) is 4.52. The molecule has 1 fully saturated rings. The van der Waals surface area contributed by atoms with Gasteiger partial charge in [-0.1, -0.05) is 25.8 Å². The van der Waals surface area contributed by atoms with Crippen molar-refractivity contribution < 1.29 is 4.79 Å². The van der Waals surface area contributed by atoms with Crippen molar-refractivity contribution in [3.05, 3.63) is 47.0 Å². The quantitative estimate of drug-likeness (QED) is 0.761. The second-order valence-electron chi connectivity index (χ2n) is 8.71. The maximum Gasteiger partial charge on any atom is 0.274 e. The summed E-state index contributed by atoms with van der Waals surface area (Å²) in [4.78, 5) is 19.6. The Hall–Kier alpha value is -2.21. The summed E-state index contributed by atoms with van der Waals surface area (Å²) in [7, 11) is 0. The summed E-state index contributed by atoms with van der Waals surface area (Å²) >= 11 is 0. The van der Waals surface area contributed by atoms with E-state index in [-0.39, 0.29) is 5.91 Å². The highest BCUT2D eigenvalue weighted by Crippen LogP contribution is 2.27. The topological polar surface area (TPSA) is 63.1 Å². The van der Waals surface area contributed by atoms with Crippen molar-refractivity contribution >= 4 is 5.91 Å². The van der Waals surface area contributed by atoms with E-state index in [1.807, 2.05) is 23.4 Å². The molecule has 0 radical (unpaired) electrons. The van der Waals surface area contributed by atoms with Crippen molar-refractivity contribution in [2.24, 2.45) is 0 Å². The standard InChI is InChI=1S/C24H35N5O/c1-2-14-29-22-10-9-20(26-13-11-19-8-7-12-25-18-19)17-21(22)23(27-29)24(30)28-15-5-3-4-6-16-28/h7-8,12,18,20,26H,2-6,9-11,13-17H2,1H3. The molecule has 0 aromatic carbocycles. The van der Waals surface area contributed by atoms with Crippen LogP contribution in [0.3, 0.4) is 0 Å². The smallest absolute Gasteiger partial charge is 0.274 e. The Morgan fingerprint density at radius 2 is 2.07 bits per heavy atom. The van der Waals surface area contributed by atoms with E-state index in [0.717, 1.165) is 76.8 Å². The highest BCUT2D eigenvalue weighted by atomic mass is 16.2. The van der Waals surface area contributed by atoms with E-state index in [1.165, 1.54) is 29.7 Å². The average Bonchev–Trinajstić information content (AvgIpc) is 2.93. The number of nitrogens with one attached hydrogen (secondary N) is 1. The Kier molecular flexibility index (Phi) is 7.16. The summed E-state index contributed by atoms with van der Waals surface area (Å²) in [5, 5.41) is 8.56. The predicted molar refractivity (Wildman–Crippen MR) is 119 cm³/mol. The number of carbonyl (C=O) groups is 1. The van der Waals surface area contributed by atoms with Crippen molar-refractivity contribution in [1.29, 1.82) is 0 Å². The Morgan fingerprint density at radius 1 is 1.23 bits per heavy atom. The largest absolute Gasteiger partial charge is 0.337 e. The molecule has 1 aliphatic carbocycles. The lowest BCUT2D eigenvalue weighted by atomic mass is 9.91. The molecule has 6 heteroatoms. The number of hydrogen-bond donors (Lipinski definition) is 1. The molecule has 1 aliphatic heterocycles. The molecule has 4 rings (SSSR count). The zero-order chi connectivity index (χ0) is 20.8. The summed E-state index contributed by atoms with van der Waals surface area (Å²) < 4.78 is 2.12. The zero-order valence-corrected chi connectivity index (χ0v) is 18.3. The Morgan fingerprint density at radius 3 is 2.80 bits per heavy atom. The number of carbonyl (C=O) groups excluding carboxylic acids is 1. The van der Waals surface area contributed by atoms with E-state index < -0.39 is 0 Å². The number of nitrogens with zero attached hydrogens (tertiary/aromatic N) is 4. The second kappa shape index (κ2) is 10.2. The van der Waals surface area contributed by atoms with Crippen LogP contribution in [0.5, 0.6) is 0 Å². The van der Waals surface area contributed by atoms with Gasteiger partial charge in [0, 0.05) is 49.3 Å². The van der Waals surface area contributed by atoms with Crippen LogP contribution < -0.4 is 5.32 Å². The first-order chi connectivity index (χ1) is 14.8. The number of likely N-dealkylation sites (tertiary alicyclic amines) is 1. The van der Waals surface area contributed by atoms with Crippen LogP contribution in [0.2, 0.25) is 0 Å². The number of amides is 1. The fourth-order valence-corrected chi connectivity index (χ4v) is 4.82. The first-order valence-corrected chi connectivity index (χ1v) is 11.8. The third-order valence-electron chi connectivity index (χ3n) is 6.45. The summed E-state index contributed by atoms with van der Waals surface area (Å²) in [5.74, 6) is 0.152. The lowest BCUT2D eigenvalue weighted by Crippen LogP contribution is -2.37. The minimum Gasteiger partial charge on any atom is -0.337 e. The lowest BCUT2D eigenvalue weighted by molar-refractivity contribution is 0.0753. The van der Waals surface area contributed by atoms with Gasteiger partial charge in [-0.05, 0) is 63.1 Å². The zero-order valence-electron chi connectivity index (χ0n) is 18.3. The van der Waals surface area contributed by atoms with Gasteiger partial charge in [-0.2, -0.15) is 5.10 Å². The third kappa shape index (κ3) is 4.91. The lowest BCUT2D eigenvalue weighted by Gasteiger charge is -2.25. The molecule has 0 saturated carbocycles. The van der Waals surface area contributed by atoms with E-state index in [4.69, 9.17) is 5.10 Å². The van der Waals surface area contributed by atoms with E-state index in [0.29, 0.717) is 6.04 Å². The normalized spacial score (nSPS) is 19.4. The molecule has 2 aliphatic rings. The van der Waals surface area contributed by atoms with E-state index in [2.05, 4.69) is 28.0 Å². The molecule has 1 atom stereocenters. The molecule has 1 saturated heterocycles. The van der Waals surface area contributed by atoms with Crippen molar-refractivity contribution in [2.75, 3.05) is 19.6 Å². The summed E-state index contributed by atoms with van der Waals surface area (Å²) in [6.07, 6.45) is 13.5. The molecular weight excluding hydrogens is 374 g/mol. The van der Waals surface area contributed by atoms with Gasteiger partial charge in [0.05, 0.1) is 0 Å². The Balaban J connectivity index is 1.46. The highest BCUT2D eigenvalue weighted by molar-refractivity contribution is 5.94. The van der Waals surface area contributed by atoms with Crippen LogP contribution in [0.1, 0.15) is 72.8 Å². The number of fused-ring (bicyclic) bond motifs is 1. The molecule has 3 heterocycles. The maximum atomic E-state index is 13.4. The van der Waals surface area contributed by atoms with Crippen LogP contribution in [0.25, 0.3) is 0 Å². The van der Waals surface area contributed by atoms with Gasteiger partial charge in [0.15, 0.2) is 5.69 Å². The summed E-state index contributed by atoms with van der Waals surface area (Å²) in [5.41, 5.74) is 4.47. The molecule has 0 spiro atoms. The molecule has 1 unspecified atom stereocenters. The van der Waals surface area contributed by atoms with Crippen LogP contribution in [-0.2, 0) is 25.8 Å². The van der Waals surface area contributed by atoms with Gasteiger partial charge in [-0.15, -0.1) is 0 Å². The third-order valence-corrected chi connectivity index (χ3v) is 6.45. The van der Waals surface area contributed by atoms with Crippen LogP contribution >= 0.6 is 0 Å². The minimum absolute atomic E-state index is 0.152. The Labute approximate surface area is 180 Å². The second-order valence-corrected chi connectivity index (χ2v) is 8.71. The van der Waals surface area contributed by atoms with E-state index in [1.54, 1.807) is 0 Å². The molecule has 0 bridgehead atoms. The van der Waals surface area contributed by atoms with Gasteiger partial charge in [0.25, 0.3) is 5.91 Å². The number of aromatic nitrogens is 3. The minimum atomic E-state index is 0.152. The van der Waals surface area contributed by atoms with Crippen molar-refractivity contribution in [3.63, 3.8) is 0 Å². The SMILES string of the molecule is CCCn1nc(C(=O)N2CCCCCC2)c2c1CCC(NCCc1cccnc1)C2. The van der Waals surface area contributed by atoms with Gasteiger partial charge in [-0.3, -0.25) is 14.5 Å². The van der Waals surface area contributed by atoms with Gasteiger partial charge >= 0.3 is 0 Å². The fraction of sp³-hybridized carbons (Fsp3) is 0.625. The molecule has 162 valence electrons. The van der Waals surface area contributed by atoms with Gasteiger partial charge < -0.3 is 10.2 Å². The van der Waals surface area contributed by atoms with Crippen LogP contribution in [0.15, 0.2) is 24.5 Å². The average molecular weight is 410 g/mol. The van der Waals surface area contributed by atoms with E-state index in [9.17, 15) is 4.79 Å². The van der Waals surface area contributed by atoms with Crippen molar-refractivity contribution in [2.45, 2.75) is 77.3 Å². The van der Waals surface area contributed by atoms with Crippen LogP contribution in [0, 0.1) is 0 Å². The number of pyridine rings is 1. The van der Waals surface area contributed by atoms with Crippen molar-refractivity contribution in [1.82, 2.24) is 25.0 Å². The Bertz CT molecular complexity index is 824. The first-order valence-electron chi connectivity index (χ1n) is 11.8. The molecule has 1 N–H and O–H groups in total. The van der Waals surface area contributed by atoms with Crippen LogP contribution in [0.4, 0.5) is 0 Å². The molecule has 2 aromatic rings. The first kappa shape index (κ1) is 21.0. The monoisotopic (exact) mass is 409 g/mol. The fourth-order valence-electron chi connectivity index (χ4n) is 4.82. The number of hydrogen-bond acceptors (Lipinski definition) is 4. The van der Waals surface area contributed by atoms with Gasteiger partial charge in [0.2, 0.25) is 0 Å². The van der Waals surface area contributed by atoms with Crippen LogP contribution in [-0.4, -0.2) is 51.2 Å². The number of rotatable bonds is 7. The predicted octanol–water partition coefficient (Wildman–Crippen LogP) is 3.39. The highest BCUT2D eigenvalue weighted by Gasteiger charge is 2.31. The maximum absolute atomic E-state index is 13.4. The van der Waals surface area contributed by atoms with Gasteiger partial charge in [-0.25, -0.2) is 0 Å². The molecule has 2 aromatic heterocycles. The molecular formula is C24H35N5O. The van der Waals surface area contributed by atoms with Gasteiger partial charge in [0.1, 0.15) is 0 Å². The molecule has 6 nitrogen and oxygen atoms in total. The van der Waals surface area contributed by atoms with Crippen molar-refractivity contribution in [3.8, 4) is 0 Å².